The van der Waals surface area contributed by atoms with Crippen molar-refractivity contribution < 1.29 is 9.31 Å². The molecule has 2 heterocycles. The molecular weight excluding hydrogens is 299 g/mol. The van der Waals surface area contributed by atoms with Gasteiger partial charge in [0.2, 0.25) is 0 Å². The van der Waals surface area contributed by atoms with Gasteiger partial charge in [0.15, 0.2) is 0 Å². The molecule has 0 amide bonds. The van der Waals surface area contributed by atoms with Crippen LogP contribution in [0, 0.1) is 11.3 Å². The smallest absolute Gasteiger partial charge is 0.399 e. The van der Waals surface area contributed by atoms with Crippen molar-refractivity contribution in [3.05, 3.63) is 23.8 Å². The molecule has 128 valence electrons. The summed E-state index contributed by atoms with van der Waals surface area (Å²) in [4.78, 5) is 2.40. The van der Waals surface area contributed by atoms with Gasteiger partial charge in [-0.3, -0.25) is 0 Å². The van der Waals surface area contributed by atoms with Crippen LogP contribution in [0.2, 0.25) is 0 Å². The molecule has 0 spiro atoms. The Morgan fingerprint density at radius 3 is 2.38 bits per heavy atom. The lowest BCUT2D eigenvalue weighted by atomic mass is 9.78. The first-order valence-electron chi connectivity index (χ1n) is 8.91. The average molecular weight is 326 g/mol. The summed E-state index contributed by atoms with van der Waals surface area (Å²) >= 11 is 0. The molecular formula is C19H27BN2O2. The second-order valence-electron chi connectivity index (χ2n) is 8.05. The summed E-state index contributed by atoms with van der Waals surface area (Å²) in [7, 11) is -0.429. The third kappa shape index (κ3) is 3.05. The summed E-state index contributed by atoms with van der Waals surface area (Å²) in [6.07, 6.45) is 3.68. The zero-order valence-corrected chi connectivity index (χ0v) is 15.4. The molecule has 1 atom stereocenters. The first kappa shape index (κ1) is 17.3. The molecule has 24 heavy (non-hydrogen) atoms. The highest BCUT2D eigenvalue weighted by Crippen LogP contribution is 2.37. The number of piperidine rings is 1. The molecule has 2 aliphatic heterocycles. The normalized spacial score (nSPS) is 25.6. The van der Waals surface area contributed by atoms with E-state index in [9.17, 15) is 5.26 Å². The topological polar surface area (TPSA) is 45.5 Å². The average Bonchev–Trinajstić information content (AvgIpc) is 2.75. The molecule has 3 rings (SSSR count). The van der Waals surface area contributed by atoms with E-state index < -0.39 is 7.12 Å². The Morgan fingerprint density at radius 2 is 1.79 bits per heavy atom. The first-order chi connectivity index (χ1) is 11.2. The van der Waals surface area contributed by atoms with Crippen LogP contribution in [0.3, 0.4) is 0 Å². The van der Waals surface area contributed by atoms with E-state index in [4.69, 9.17) is 9.31 Å². The predicted octanol–water partition coefficient (Wildman–Crippen LogP) is 3.24. The van der Waals surface area contributed by atoms with Crippen LogP contribution in [-0.4, -0.2) is 30.9 Å². The molecule has 2 aliphatic rings. The van der Waals surface area contributed by atoms with Gasteiger partial charge in [-0.2, -0.15) is 5.26 Å². The van der Waals surface area contributed by atoms with Gasteiger partial charge >= 0.3 is 7.12 Å². The van der Waals surface area contributed by atoms with Gasteiger partial charge in [0.25, 0.3) is 0 Å². The van der Waals surface area contributed by atoms with Crippen LogP contribution < -0.4 is 10.4 Å². The Hall–Kier alpha value is -1.51. The Balaban J connectivity index is 1.95. The standard InChI is InChI=1S/C19H27BN2O2/c1-14-8-6-7-9-22(14)17-11-15(13-21)10-16(12-17)20-23-18(2,3)19(4,5)24-20/h10-12,14H,6-9H2,1-5H3. The minimum absolute atomic E-state index is 0.376. The van der Waals surface area contributed by atoms with Crippen LogP contribution in [0.5, 0.6) is 0 Å². The maximum absolute atomic E-state index is 9.45. The van der Waals surface area contributed by atoms with E-state index in [0.29, 0.717) is 11.6 Å². The Kier molecular flexibility index (Phi) is 4.40. The fourth-order valence-electron chi connectivity index (χ4n) is 3.46. The zero-order valence-electron chi connectivity index (χ0n) is 15.4. The van der Waals surface area contributed by atoms with Crippen molar-refractivity contribution in [2.45, 2.75) is 71.1 Å². The molecule has 0 aromatic heterocycles. The number of hydrogen-bond donors (Lipinski definition) is 0. The lowest BCUT2D eigenvalue weighted by molar-refractivity contribution is 0.00578. The van der Waals surface area contributed by atoms with E-state index in [1.165, 1.54) is 19.3 Å². The van der Waals surface area contributed by atoms with E-state index in [2.05, 4.69) is 51.7 Å². The number of nitriles is 1. The predicted molar refractivity (Wildman–Crippen MR) is 97.5 cm³/mol. The molecule has 5 heteroatoms. The second kappa shape index (κ2) is 6.09. The van der Waals surface area contributed by atoms with Crippen LogP contribution in [-0.2, 0) is 9.31 Å². The molecule has 1 aromatic carbocycles. The monoisotopic (exact) mass is 326 g/mol. The molecule has 1 unspecified atom stereocenters. The number of nitrogens with zero attached hydrogens (tertiary/aromatic N) is 2. The third-order valence-corrected chi connectivity index (χ3v) is 5.73. The minimum atomic E-state index is -0.429. The first-order valence-corrected chi connectivity index (χ1v) is 8.91. The van der Waals surface area contributed by atoms with Crippen molar-refractivity contribution >= 4 is 18.3 Å². The fraction of sp³-hybridized carbons (Fsp3) is 0.632. The molecule has 2 fully saturated rings. The lowest BCUT2D eigenvalue weighted by Crippen LogP contribution is -2.41. The third-order valence-electron chi connectivity index (χ3n) is 5.73. The maximum Gasteiger partial charge on any atom is 0.494 e. The Morgan fingerprint density at radius 1 is 1.12 bits per heavy atom. The SMILES string of the molecule is CC1CCCCN1c1cc(C#N)cc(B2OC(C)(C)C(C)(C)O2)c1. The molecule has 0 radical (unpaired) electrons. The molecule has 0 aliphatic carbocycles. The maximum atomic E-state index is 9.45. The number of hydrogen-bond acceptors (Lipinski definition) is 4. The van der Waals surface area contributed by atoms with E-state index in [1.807, 2.05) is 12.1 Å². The molecule has 2 saturated heterocycles. The molecule has 1 aromatic rings. The summed E-state index contributed by atoms with van der Waals surface area (Å²) < 4.78 is 12.3. The number of benzene rings is 1. The van der Waals surface area contributed by atoms with Crippen molar-refractivity contribution in [2.75, 3.05) is 11.4 Å². The van der Waals surface area contributed by atoms with Crippen LogP contribution >= 0.6 is 0 Å². The molecule has 0 N–H and O–H groups in total. The van der Waals surface area contributed by atoms with Crippen molar-refractivity contribution in [3.8, 4) is 6.07 Å². The van der Waals surface area contributed by atoms with Gasteiger partial charge in [0.05, 0.1) is 22.8 Å². The minimum Gasteiger partial charge on any atom is -0.399 e. The largest absolute Gasteiger partial charge is 0.494 e. The fourth-order valence-corrected chi connectivity index (χ4v) is 3.46. The second-order valence-corrected chi connectivity index (χ2v) is 8.05. The van der Waals surface area contributed by atoms with Crippen molar-refractivity contribution in [1.29, 1.82) is 5.26 Å². The van der Waals surface area contributed by atoms with Gasteiger partial charge in [-0.25, -0.2) is 0 Å². The zero-order chi connectivity index (χ0) is 17.5. The van der Waals surface area contributed by atoms with Crippen molar-refractivity contribution in [1.82, 2.24) is 0 Å². The molecule has 0 saturated carbocycles. The van der Waals surface area contributed by atoms with Crippen molar-refractivity contribution in [3.63, 3.8) is 0 Å². The summed E-state index contributed by atoms with van der Waals surface area (Å²) in [6, 6.07) is 8.79. The van der Waals surface area contributed by atoms with Gasteiger partial charge in [-0.15, -0.1) is 0 Å². The van der Waals surface area contributed by atoms with Crippen LogP contribution in [0.4, 0.5) is 5.69 Å². The van der Waals surface area contributed by atoms with Gasteiger partial charge in [0, 0.05) is 18.3 Å². The van der Waals surface area contributed by atoms with Crippen LogP contribution in [0.25, 0.3) is 0 Å². The van der Waals surface area contributed by atoms with E-state index in [0.717, 1.165) is 17.7 Å². The van der Waals surface area contributed by atoms with Gasteiger partial charge in [0.1, 0.15) is 0 Å². The number of anilines is 1. The quantitative estimate of drug-likeness (QED) is 0.783. The Labute approximate surface area is 145 Å². The van der Waals surface area contributed by atoms with Gasteiger partial charge in [-0.05, 0) is 77.5 Å². The van der Waals surface area contributed by atoms with Crippen molar-refractivity contribution in [2.24, 2.45) is 0 Å². The highest BCUT2D eigenvalue weighted by molar-refractivity contribution is 6.62. The van der Waals surface area contributed by atoms with E-state index >= 15 is 0 Å². The highest BCUT2D eigenvalue weighted by atomic mass is 16.7. The Bertz CT molecular complexity index is 650. The van der Waals surface area contributed by atoms with Gasteiger partial charge < -0.3 is 14.2 Å². The van der Waals surface area contributed by atoms with E-state index in [1.54, 1.807) is 0 Å². The summed E-state index contributed by atoms with van der Waals surface area (Å²) in [5.41, 5.74) is 1.94. The highest BCUT2D eigenvalue weighted by Gasteiger charge is 2.51. The summed E-state index contributed by atoms with van der Waals surface area (Å²) in [5, 5.41) is 9.45. The lowest BCUT2D eigenvalue weighted by Gasteiger charge is -2.35. The van der Waals surface area contributed by atoms with Crippen LogP contribution in [0.15, 0.2) is 18.2 Å². The molecule has 4 nitrogen and oxygen atoms in total. The summed E-state index contributed by atoms with van der Waals surface area (Å²) in [5.74, 6) is 0. The number of rotatable bonds is 2. The van der Waals surface area contributed by atoms with Gasteiger partial charge in [-0.1, -0.05) is 0 Å². The van der Waals surface area contributed by atoms with Crippen LogP contribution in [0.1, 0.15) is 59.4 Å². The van der Waals surface area contributed by atoms with E-state index in [-0.39, 0.29) is 11.2 Å². The summed E-state index contributed by atoms with van der Waals surface area (Å²) in [6.45, 7) is 11.5. The molecule has 0 bridgehead atoms.